The number of halogens is 2. The predicted octanol–water partition coefficient (Wildman–Crippen LogP) is 3.56. The fourth-order valence-corrected chi connectivity index (χ4v) is 2.49. The van der Waals surface area contributed by atoms with Gasteiger partial charge in [0.15, 0.2) is 0 Å². The third-order valence-electron chi connectivity index (χ3n) is 2.98. The summed E-state index contributed by atoms with van der Waals surface area (Å²) in [7, 11) is 0. The van der Waals surface area contributed by atoms with Crippen LogP contribution in [0.15, 0.2) is 22.7 Å². The summed E-state index contributed by atoms with van der Waals surface area (Å²) in [4.78, 5) is 14.4. The second kappa shape index (κ2) is 7.88. The molecular formula is C14H20BrClN2O. The monoisotopic (exact) mass is 346 g/mol. The first-order valence-corrected chi connectivity index (χ1v) is 7.63. The number of rotatable bonds is 6. The highest BCUT2D eigenvalue weighted by atomic mass is 79.9. The van der Waals surface area contributed by atoms with Crippen molar-refractivity contribution >= 4 is 33.4 Å². The van der Waals surface area contributed by atoms with Crippen molar-refractivity contribution in [1.29, 1.82) is 0 Å². The third kappa shape index (κ3) is 5.13. The van der Waals surface area contributed by atoms with E-state index in [-0.39, 0.29) is 11.9 Å². The van der Waals surface area contributed by atoms with Crippen molar-refractivity contribution in [3.05, 3.63) is 33.3 Å². The lowest BCUT2D eigenvalue weighted by Gasteiger charge is -2.23. The lowest BCUT2D eigenvalue weighted by molar-refractivity contribution is 0.0929. The molecule has 0 heterocycles. The predicted molar refractivity (Wildman–Crippen MR) is 83.9 cm³/mol. The van der Waals surface area contributed by atoms with Gasteiger partial charge in [0, 0.05) is 22.1 Å². The van der Waals surface area contributed by atoms with Crippen LogP contribution < -0.4 is 5.32 Å². The lowest BCUT2D eigenvalue weighted by atomic mass is 10.2. The smallest absolute Gasteiger partial charge is 0.252 e. The molecule has 1 aromatic carbocycles. The van der Waals surface area contributed by atoms with E-state index in [0.717, 1.165) is 24.1 Å². The van der Waals surface area contributed by atoms with Gasteiger partial charge in [-0.15, -0.1) is 0 Å². The largest absolute Gasteiger partial charge is 0.348 e. The Bertz CT molecular complexity index is 435. The molecule has 3 nitrogen and oxygen atoms in total. The molecule has 1 unspecified atom stereocenters. The highest BCUT2D eigenvalue weighted by molar-refractivity contribution is 9.10. The van der Waals surface area contributed by atoms with Crippen molar-refractivity contribution in [2.45, 2.75) is 26.8 Å². The molecule has 0 spiro atoms. The fraction of sp³-hybridized carbons (Fsp3) is 0.500. The molecule has 1 rings (SSSR count). The van der Waals surface area contributed by atoms with E-state index in [4.69, 9.17) is 11.6 Å². The van der Waals surface area contributed by atoms with Crippen molar-refractivity contribution in [1.82, 2.24) is 10.2 Å². The SMILES string of the molecule is CCN(CC)CC(C)NC(=O)c1cc(Cl)ccc1Br. The van der Waals surface area contributed by atoms with Crippen LogP contribution in [0.3, 0.4) is 0 Å². The van der Waals surface area contributed by atoms with Gasteiger partial charge in [0.25, 0.3) is 5.91 Å². The molecule has 0 aliphatic rings. The molecule has 1 N–H and O–H groups in total. The number of benzene rings is 1. The van der Waals surface area contributed by atoms with Crippen LogP contribution in [0.1, 0.15) is 31.1 Å². The minimum atomic E-state index is -0.103. The van der Waals surface area contributed by atoms with Crippen molar-refractivity contribution in [2.24, 2.45) is 0 Å². The zero-order valence-electron chi connectivity index (χ0n) is 11.5. The number of hydrogen-bond acceptors (Lipinski definition) is 2. The summed E-state index contributed by atoms with van der Waals surface area (Å²) in [6.45, 7) is 9.05. The van der Waals surface area contributed by atoms with E-state index >= 15 is 0 Å². The zero-order chi connectivity index (χ0) is 14.4. The summed E-state index contributed by atoms with van der Waals surface area (Å²) in [5.41, 5.74) is 0.568. The van der Waals surface area contributed by atoms with Crippen LogP contribution in [0.5, 0.6) is 0 Å². The van der Waals surface area contributed by atoms with Gasteiger partial charge in [-0.1, -0.05) is 25.4 Å². The van der Waals surface area contributed by atoms with E-state index in [0.29, 0.717) is 10.6 Å². The molecular weight excluding hydrogens is 328 g/mol. The Hall–Kier alpha value is -0.580. The maximum Gasteiger partial charge on any atom is 0.252 e. The Morgan fingerprint density at radius 3 is 2.63 bits per heavy atom. The number of likely N-dealkylation sites (N-methyl/N-ethyl adjacent to an activating group) is 1. The molecule has 0 aliphatic carbocycles. The van der Waals surface area contributed by atoms with Crippen LogP contribution in [0.2, 0.25) is 5.02 Å². The van der Waals surface area contributed by atoms with Crippen molar-refractivity contribution in [3.8, 4) is 0 Å². The minimum Gasteiger partial charge on any atom is -0.348 e. The Kier molecular flexibility index (Phi) is 6.83. The maximum atomic E-state index is 12.2. The van der Waals surface area contributed by atoms with Crippen LogP contribution in [0, 0.1) is 0 Å². The van der Waals surface area contributed by atoms with E-state index < -0.39 is 0 Å². The van der Waals surface area contributed by atoms with Gasteiger partial charge in [-0.25, -0.2) is 0 Å². The molecule has 5 heteroatoms. The second-order valence-corrected chi connectivity index (χ2v) is 5.78. The average Bonchev–Trinajstić information content (AvgIpc) is 2.38. The van der Waals surface area contributed by atoms with Gasteiger partial charge in [-0.2, -0.15) is 0 Å². The van der Waals surface area contributed by atoms with Crippen LogP contribution in [-0.2, 0) is 0 Å². The molecule has 0 aliphatic heterocycles. The first-order chi connectivity index (χ1) is 8.97. The van der Waals surface area contributed by atoms with Crippen molar-refractivity contribution in [2.75, 3.05) is 19.6 Å². The van der Waals surface area contributed by atoms with E-state index in [1.807, 2.05) is 6.92 Å². The summed E-state index contributed by atoms with van der Waals surface area (Å²) < 4.78 is 0.754. The zero-order valence-corrected chi connectivity index (χ0v) is 13.9. The number of nitrogens with zero attached hydrogens (tertiary/aromatic N) is 1. The summed E-state index contributed by atoms with van der Waals surface area (Å²) in [6.07, 6.45) is 0. The van der Waals surface area contributed by atoms with Crippen LogP contribution in [-0.4, -0.2) is 36.5 Å². The van der Waals surface area contributed by atoms with Gasteiger partial charge in [0.2, 0.25) is 0 Å². The van der Waals surface area contributed by atoms with Crippen LogP contribution in [0.4, 0.5) is 0 Å². The molecule has 1 amide bonds. The van der Waals surface area contributed by atoms with E-state index in [1.165, 1.54) is 0 Å². The Morgan fingerprint density at radius 2 is 2.05 bits per heavy atom. The first-order valence-electron chi connectivity index (χ1n) is 6.46. The highest BCUT2D eigenvalue weighted by Crippen LogP contribution is 2.21. The Morgan fingerprint density at radius 1 is 1.42 bits per heavy atom. The average molecular weight is 348 g/mol. The number of carbonyl (C=O) groups is 1. The lowest BCUT2D eigenvalue weighted by Crippen LogP contribution is -2.42. The number of amides is 1. The molecule has 0 saturated heterocycles. The van der Waals surface area contributed by atoms with Gasteiger partial charge in [0.1, 0.15) is 0 Å². The summed E-state index contributed by atoms with van der Waals surface area (Å²) in [5, 5.41) is 3.55. The van der Waals surface area contributed by atoms with E-state index in [1.54, 1.807) is 18.2 Å². The Labute approximate surface area is 128 Å². The normalized spacial score (nSPS) is 12.5. The third-order valence-corrected chi connectivity index (χ3v) is 3.90. The quantitative estimate of drug-likeness (QED) is 0.853. The van der Waals surface area contributed by atoms with Gasteiger partial charge >= 0.3 is 0 Å². The second-order valence-electron chi connectivity index (χ2n) is 4.48. The highest BCUT2D eigenvalue weighted by Gasteiger charge is 2.14. The van der Waals surface area contributed by atoms with Crippen LogP contribution >= 0.6 is 27.5 Å². The van der Waals surface area contributed by atoms with Gasteiger partial charge < -0.3 is 10.2 Å². The molecule has 0 aromatic heterocycles. The van der Waals surface area contributed by atoms with E-state index in [2.05, 4.69) is 40.0 Å². The first kappa shape index (κ1) is 16.5. The van der Waals surface area contributed by atoms with E-state index in [9.17, 15) is 4.79 Å². The summed E-state index contributed by atoms with van der Waals surface area (Å²) in [6, 6.07) is 5.30. The molecule has 1 atom stereocenters. The standard InChI is InChI=1S/C14H20BrClN2O/c1-4-18(5-2)9-10(3)17-14(19)12-8-11(16)6-7-13(12)15/h6-8,10H,4-5,9H2,1-3H3,(H,17,19). The molecule has 0 fully saturated rings. The molecule has 0 saturated carbocycles. The van der Waals surface area contributed by atoms with Gasteiger partial charge in [-0.3, -0.25) is 4.79 Å². The number of hydrogen-bond donors (Lipinski definition) is 1. The minimum absolute atomic E-state index is 0.0956. The maximum absolute atomic E-state index is 12.2. The van der Waals surface area contributed by atoms with Crippen LogP contribution in [0.25, 0.3) is 0 Å². The van der Waals surface area contributed by atoms with Crippen molar-refractivity contribution in [3.63, 3.8) is 0 Å². The number of carbonyl (C=O) groups excluding carboxylic acids is 1. The topological polar surface area (TPSA) is 32.3 Å². The fourth-order valence-electron chi connectivity index (χ4n) is 1.89. The molecule has 0 radical (unpaired) electrons. The van der Waals surface area contributed by atoms with Crippen molar-refractivity contribution < 1.29 is 4.79 Å². The molecule has 106 valence electrons. The number of nitrogens with one attached hydrogen (secondary N) is 1. The summed E-state index contributed by atoms with van der Waals surface area (Å²) in [5.74, 6) is -0.103. The van der Waals surface area contributed by atoms with Gasteiger partial charge in [0.05, 0.1) is 5.56 Å². The molecule has 0 bridgehead atoms. The Balaban J connectivity index is 2.66. The van der Waals surface area contributed by atoms with Gasteiger partial charge in [-0.05, 0) is 54.1 Å². The molecule has 19 heavy (non-hydrogen) atoms. The summed E-state index contributed by atoms with van der Waals surface area (Å²) >= 11 is 9.29. The molecule has 1 aromatic rings.